The predicted octanol–water partition coefficient (Wildman–Crippen LogP) is 0.367. The largest absolute Gasteiger partial charge is 0.481 e. The van der Waals surface area contributed by atoms with E-state index in [1.165, 1.54) is 4.90 Å². The van der Waals surface area contributed by atoms with E-state index in [0.29, 0.717) is 44.9 Å². The molecule has 0 radical (unpaired) electrons. The van der Waals surface area contributed by atoms with E-state index in [1.54, 1.807) is 12.1 Å². The summed E-state index contributed by atoms with van der Waals surface area (Å²) in [6.45, 7) is 2.07. The van der Waals surface area contributed by atoms with Crippen molar-refractivity contribution in [3.8, 4) is 0 Å². The van der Waals surface area contributed by atoms with Crippen LogP contribution in [0, 0.1) is 0 Å². The number of nitrogens with zero attached hydrogens (tertiary/aromatic N) is 1. The van der Waals surface area contributed by atoms with Gasteiger partial charge in [-0.25, -0.2) is 0 Å². The Bertz CT molecular complexity index is 827. The van der Waals surface area contributed by atoms with E-state index < -0.39 is 17.9 Å². The van der Waals surface area contributed by atoms with Crippen molar-refractivity contribution in [2.75, 3.05) is 38.3 Å². The van der Waals surface area contributed by atoms with Gasteiger partial charge in [-0.05, 0) is 18.6 Å². The average Bonchev–Trinajstić information content (AvgIpc) is 3.04. The molecule has 1 unspecified atom stereocenters. The van der Waals surface area contributed by atoms with Gasteiger partial charge in [0.1, 0.15) is 6.04 Å². The van der Waals surface area contributed by atoms with Gasteiger partial charge >= 0.3 is 5.97 Å². The summed E-state index contributed by atoms with van der Waals surface area (Å²) < 4.78 is 10.6. The first-order valence-electron chi connectivity index (χ1n) is 9.85. The monoisotopic (exact) mass is 419 g/mol. The number of hydrogen-bond acceptors (Lipinski definition) is 7. The number of rotatable bonds is 11. The van der Waals surface area contributed by atoms with Gasteiger partial charge in [-0.3, -0.25) is 24.5 Å². The minimum atomic E-state index is -0.898. The van der Waals surface area contributed by atoms with Crippen LogP contribution in [0.3, 0.4) is 0 Å². The Morgan fingerprint density at radius 2 is 1.93 bits per heavy atom. The molecule has 1 saturated heterocycles. The number of aliphatic carboxylic acids is 1. The number of carboxylic acid groups (broad SMARTS) is 1. The summed E-state index contributed by atoms with van der Waals surface area (Å²) in [7, 11) is 0. The lowest BCUT2D eigenvalue weighted by molar-refractivity contribution is -0.139. The first-order valence-corrected chi connectivity index (χ1v) is 9.85. The third-order valence-corrected chi connectivity index (χ3v) is 4.98. The van der Waals surface area contributed by atoms with Crippen LogP contribution in [0.15, 0.2) is 18.2 Å². The molecular weight excluding hydrogens is 394 g/mol. The molecular formula is C20H25N3O7. The normalized spacial score (nSPS) is 18.3. The molecule has 2 aliphatic rings. The molecule has 1 fully saturated rings. The van der Waals surface area contributed by atoms with E-state index in [4.69, 9.17) is 14.6 Å². The average molecular weight is 419 g/mol. The van der Waals surface area contributed by atoms with E-state index in [2.05, 4.69) is 10.6 Å². The first kappa shape index (κ1) is 21.7. The van der Waals surface area contributed by atoms with Crippen LogP contribution < -0.4 is 10.6 Å². The van der Waals surface area contributed by atoms with Crippen molar-refractivity contribution in [2.24, 2.45) is 0 Å². The Labute approximate surface area is 173 Å². The van der Waals surface area contributed by atoms with Gasteiger partial charge in [-0.1, -0.05) is 6.07 Å². The zero-order valence-corrected chi connectivity index (χ0v) is 16.5. The molecule has 10 nitrogen and oxygen atoms in total. The SMILES string of the molecule is O=C(O)CCOCCOCCNc1cccc2c1CN(C1CCC(=O)NC1=O)C2=O. The number of ether oxygens (including phenoxy) is 2. The number of carboxylic acids is 1. The van der Waals surface area contributed by atoms with Crippen LogP contribution in [-0.2, 0) is 30.4 Å². The Kier molecular flexibility index (Phi) is 7.36. The van der Waals surface area contributed by atoms with Crippen molar-refractivity contribution < 1.29 is 33.8 Å². The molecule has 3 N–H and O–H groups in total. The maximum atomic E-state index is 12.8. The lowest BCUT2D eigenvalue weighted by Crippen LogP contribution is -2.52. The number of carbonyl (C=O) groups excluding carboxylic acids is 3. The number of hydrogen-bond donors (Lipinski definition) is 3. The van der Waals surface area contributed by atoms with Crippen molar-refractivity contribution in [2.45, 2.75) is 31.8 Å². The van der Waals surface area contributed by atoms with Crippen LogP contribution in [-0.4, -0.2) is 72.7 Å². The minimum Gasteiger partial charge on any atom is -0.481 e. The Morgan fingerprint density at radius 3 is 2.67 bits per heavy atom. The third kappa shape index (κ3) is 5.33. The number of anilines is 1. The number of nitrogens with one attached hydrogen (secondary N) is 2. The summed E-state index contributed by atoms with van der Waals surface area (Å²) >= 11 is 0. The quantitative estimate of drug-likeness (QED) is 0.346. The molecule has 0 spiro atoms. The highest BCUT2D eigenvalue weighted by molar-refractivity contribution is 6.06. The van der Waals surface area contributed by atoms with Crippen molar-refractivity contribution in [1.82, 2.24) is 10.2 Å². The minimum absolute atomic E-state index is 0.0325. The number of fused-ring (bicyclic) bond motifs is 1. The van der Waals surface area contributed by atoms with E-state index in [9.17, 15) is 19.2 Å². The lowest BCUT2D eigenvalue weighted by atomic mass is 10.0. The van der Waals surface area contributed by atoms with Crippen LogP contribution in [0.5, 0.6) is 0 Å². The summed E-state index contributed by atoms with van der Waals surface area (Å²) in [6.07, 6.45) is 0.518. The fraction of sp³-hybridized carbons (Fsp3) is 0.500. The zero-order valence-electron chi connectivity index (χ0n) is 16.5. The number of benzene rings is 1. The smallest absolute Gasteiger partial charge is 0.305 e. The highest BCUT2D eigenvalue weighted by Crippen LogP contribution is 2.32. The van der Waals surface area contributed by atoms with Crippen molar-refractivity contribution >= 4 is 29.4 Å². The highest BCUT2D eigenvalue weighted by Gasteiger charge is 2.39. The lowest BCUT2D eigenvalue weighted by Gasteiger charge is -2.29. The van der Waals surface area contributed by atoms with Gasteiger partial charge in [0.15, 0.2) is 0 Å². The fourth-order valence-electron chi connectivity index (χ4n) is 3.49. The van der Waals surface area contributed by atoms with Crippen molar-refractivity contribution in [3.63, 3.8) is 0 Å². The van der Waals surface area contributed by atoms with Gasteiger partial charge in [0.25, 0.3) is 5.91 Å². The molecule has 30 heavy (non-hydrogen) atoms. The van der Waals surface area contributed by atoms with Gasteiger partial charge in [-0.15, -0.1) is 0 Å². The summed E-state index contributed by atoms with van der Waals surface area (Å²) in [5.41, 5.74) is 2.18. The summed E-state index contributed by atoms with van der Waals surface area (Å²) in [5, 5.41) is 14.1. The second kappa shape index (κ2) is 10.2. The molecule has 1 atom stereocenters. The van der Waals surface area contributed by atoms with Crippen LogP contribution in [0.4, 0.5) is 5.69 Å². The predicted molar refractivity (Wildman–Crippen MR) is 105 cm³/mol. The van der Waals surface area contributed by atoms with Gasteiger partial charge in [0.05, 0.1) is 32.8 Å². The standard InChI is InChI=1S/C20H25N3O7/c24-17-5-4-16(19(27)22-17)23-12-14-13(20(23)28)2-1-3-15(14)21-7-9-30-11-10-29-8-6-18(25)26/h1-3,16,21H,4-12H2,(H,25,26)(H,22,24,27). The molecule has 0 bridgehead atoms. The van der Waals surface area contributed by atoms with Crippen molar-refractivity contribution in [3.05, 3.63) is 29.3 Å². The summed E-state index contributed by atoms with van der Waals surface area (Å²) in [6, 6.07) is 4.75. The molecule has 10 heteroatoms. The molecule has 1 aromatic carbocycles. The fourth-order valence-corrected chi connectivity index (χ4v) is 3.49. The van der Waals surface area contributed by atoms with Crippen molar-refractivity contribution in [1.29, 1.82) is 0 Å². The van der Waals surface area contributed by atoms with Crippen LogP contribution in [0.25, 0.3) is 0 Å². The van der Waals surface area contributed by atoms with E-state index in [-0.39, 0.29) is 31.3 Å². The second-order valence-corrected chi connectivity index (χ2v) is 7.03. The van der Waals surface area contributed by atoms with E-state index in [0.717, 1.165) is 11.3 Å². The number of carbonyl (C=O) groups is 4. The molecule has 3 rings (SSSR count). The molecule has 1 aromatic rings. The summed E-state index contributed by atoms with van der Waals surface area (Å²) in [4.78, 5) is 48.2. The molecule has 3 amide bonds. The number of piperidine rings is 1. The third-order valence-electron chi connectivity index (χ3n) is 4.98. The van der Waals surface area contributed by atoms with Gasteiger partial charge in [0.2, 0.25) is 11.8 Å². The molecule has 0 aliphatic carbocycles. The van der Waals surface area contributed by atoms with Crippen LogP contribution in [0.1, 0.15) is 35.2 Å². The topological polar surface area (TPSA) is 134 Å². The van der Waals surface area contributed by atoms with Crippen LogP contribution in [0.2, 0.25) is 0 Å². The number of imide groups is 1. The molecule has 2 heterocycles. The zero-order chi connectivity index (χ0) is 21.5. The van der Waals surface area contributed by atoms with Gasteiger partial charge < -0.3 is 24.8 Å². The highest BCUT2D eigenvalue weighted by atomic mass is 16.5. The van der Waals surface area contributed by atoms with Gasteiger partial charge in [0, 0.05) is 36.3 Å². The van der Waals surface area contributed by atoms with Crippen LogP contribution >= 0.6 is 0 Å². The molecule has 2 aliphatic heterocycles. The summed E-state index contributed by atoms with van der Waals surface area (Å²) in [5.74, 6) is -1.85. The second-order valence-electron chi connectivity index (χ2n) is 7.03. The van der Waals surface area contributed by atoms with E-state index >= 15 is 0 Å². The maximum absolute atomic E-state index is 12.8. The molecule has 0 aromatic heterocycles. The van der Waals surface area contributed by atoms with E-state index in [1.807, 2.05) is 6.07 Å². The first-order chi connectivity index (χ1) is 14.5. The number of amides is 3. The Hall–Kier alpha value is -2.98. The Morgan fingerprint density at radius 1 is 1.17 bits per heavy atom. The maximum Gasteiger partial charge on any atom is 0.305 e. The molecule has 0 saturated carbocycles. The van der Waals surface area contributed by atoms with Gasteiger partial charge in [-0.2, -0.15) is 0 Å². The molecule has 162 valence electrons. The Balaban J connectivity index is 1.46.